The van der Waals surface area contributed by atoms with Gasteiger partial charge in [-0.05, 0) is 25.1 Å². The standard InChI is InChI=1S/C17H16N4O3/c1-10-4-6-12(7-5-10)19-15(22)11-8-13-14(18-9-11)20(2)17(24)21(3)16(13)23/h4-9H,1-3H3,(H,19,22). The topological polar surface area (TPSA) is 86.0 Å². The molecule has 0 aliphatic rings. The molecule has 0 bridgehead atoms. The van der Waals surface area contributed by atoms with Gasteiger partial charge in [0.05, 0.1) is 10.9 Å². The van der Waals surface area contributed by atoms with Crippen LogP contribution in [0.2, 0.25) is 0 Å². The molecule has 0 aliphatic heterocycles. The minimum absolute atomic E-state index is 0.219. The zero-order valence-electron chi connectivity index (χ0n) is 13.5. The number of pyridine rings is 1. The quantitative estimate of drug-likeness (QED) is 0.767. The van der Waals surface area contributed by atoms with Crippen LogP contribution in [0.25, 0.3) is 11.0 Å². The molecule has 7 nitrogen and oxygen atoms in total. The third-order valence-electron chi connectivity index (χ3n) is 3.86. The Labute approximate surface area is 137 Å². The van der Waals surface area contributed by atoms with Gasteiger partial charge in [-0.2, -0.15) is 0 Å². The Kier molecular flexibility index (Phi) is 3.76. The molecule has 3 aromatic rings. The molecule has 0 saturated heterocycles. The maximum absolute atomic E-state index is 12.4. The van der Waals surface area contributed by atoms with Crippen LogP contribution in [0.15, 0.2) is 46.1 Å². The Bertz CT molecular complexity index is 1060. The molecule has 0 radical (unpaired) electrons. The second-order valence-electron chi connectivity index (χ2n) is 5.62. The van der Waals surface area contributed by atoms with Crippen molar-refractivity contribution < 1.29 is 4.79 Å². The summed E-state index contributed by atoms with van der Waals surface area (Å²) in [5.74, 6) is -0.371. The SMILES string of the molecule is Cc1ccc(NC(=O)c2cnc3c(c2)c(=O)n(C)c(=O)n3C)cc1. The first kappa shape index (κ1) is 15.7. The molecule has 1 aromatic carbocycles. The summed E-state index contributed by atoms with van der Waals surface area (Å²) in [6.45, 7) is 1.96. The molecule has 0 fully saturated rings. The first-order chi connectivity index (χ1) is 11.4. The van der Waals surface area contributed by atoms with E-state index in [-0.39, 0.29) is 22.5 Å². The second-order valence-corrected chi connectivity index (χ2v) is 5.62. The molecule has 0 aliphatic carbocycles. The van der Waals surface area contributed by atoms with Gasteiger partial charge in [0.2, 0.25) is 0 Å². The van der Waals surface area contributed by atoms with E-state index in [9.17, 15) is 14.4 Å². The van der Waals surface area contributed by atoms with E-state index in [1.807, 2.05) is 19.1 Å². The molecule has 24 heavy (non-hydrogen) atoms. The molecule has 1 amide bonds. The fraction of sp³-hybridized carbons (Fsp3) is 0.176. The number of aryl methyl sites for hydroxylation is 2. The van der Waals surface area contributed by atoms with E-state index < -0.39 is 11.2 Å². The Hall–Kier alpha value is -3.22. The smallest absolute Gasteiger partial charge is 0.322 e. The number of anilines is 1. The third-order valence-corrected chi connectivity index (χ3v) is 3.86. The number of aromatic nitrogens is 3. The van der Waals surface area contributed by atoms with E-state index in [4.69, 9.17) is 0 Å². The Morgan fingerprint density at radius 2 is 1.75 bits per heavy atom. The van der Waals surface area contributed by atoms with Gasteiger partial charge in [-0.25, -0.2) is 9.78 Å². The summed E-state index contributed by atoms with van der Waals surface area (Å²) >= 11 is 0. The predicted octanol–water partition coefficient (Wildman–Crippen LogP) is 1.19. The van der Waals surface area contributed by atoms with Crippen molar-refractivity contribution in [2.45, 2.75) is 6.92 Å². The summed E-state index contributed by atoms with van der Waals surface area (Å²) in [4.78, 5) is 40.6. The summed E-state index contributed by atoms with van der Waals surface area (Å²) in [5.41, 5.74) is 1.29. The number of carbonyl (C=O) groups is 1. The van der Waals surface area contributed by atoms with Crippen LogP contribution in [-0.2, 0) is 14.1 Å². The number of nitrogens with one attached hydrogen (secondary N) is 1. The van der Waals surface area contributed by atoms with Crippen molar-refractivity contribution >= 4 is 22.6 Å². The van der Waals surface area contributed by atoms with Gasteiger partial charge in [-0.15, -0.1) is 0 Å². The van der Waals surface area contributed by atoms with E-state index in [0.717, 1.165) is 10.1 Å². The van der Waals surface area contributed by atoms with Gasteiger partial charge in [-0.3, -0.25) is 18.7 Å². The van der Waals surface area contributed by atoms with E-state index in [1.54, 1.807) is 12.1 Å². The summed E-state index contributed by atoms with van der Waals surface area (Å²) < 4.78 is 2.27. The zero-order valence-corrected chi connectivity index (χ0v) is 13.5. The largest absolute Gasteiger partial charge is 0.332 e. The summed E-state index contributed by atoms with van der Waals surface area (Å²) in [6.07, 6.45) is 1.35. The van der Waals surface area contributed by atoms with Gasteiger partial charge in [0.15, 0.2) is 0 Å². The van der Waals surface area contributed by atoms with Gasteiger partial charge >= 0.3 is 5.69 Å². The van der Waals surface area contributed by atoms with Crippen LogP contribution >= 0.6 is 0 Å². The van der Waals surface area contributed by atoms with E-state index >= 15 is 0 Å². The molecule has 0 saturated carbocycles. The van der Waals surface area contributed by atoms with Crippen molar-refractivity contribution in [1.82, 2.24) is 14.1 Å². The van der Waals surface area contributed by atoms with Gasteiger partial charge in [0.25, 0.3) is 11.5 Å². The normalized spacial score (nSPS) is 10.8. The van der Waals surface area contributed by atoms with Crippen molar-refractivity contribution in [1.29, 1.82) is 0 Å². The van der Waals surface area contributed by atoms with Gasteiger partial charge in [-0.1, -0.05) is 17.7 Å². The number of hydrogen-bond acceptors (Lipinski definition) is 4. The lowest BCUT2D eigenvalue weighted by atomic mass is 10.2. The average molecular weight is 324 g/mol. The number of fused-ring (bicyclic) bond motifs is 1. The van der Waals surface area contributed by atoms with Crippen molar-refractivity contribution in [2.75, 3.05) is 5.32 Å². The molecule has 0 atom stereocenters. The number of carbonyl (C=O) groups excluding carboxylic acids is 1. The lowest BCUT2D eigenvalue weighted by molar-refractivity contribution is 0.102. The predicted molar refractivity (Wildman–Crippen MR) is 91.4 cm³/mol. The van der Waals surface area contributed by atoms with Crippen LogP contribution in [0.5, 0.6) is 0 Å². The first-order valence-corrected chi connectivity index (χ1v) is 7.32. The number of rotatable bonds is 2. The minimum Gasteiger partial charge on any atom is -0.322 e. The Balaban J connectivity index is 2.04. The monoisotopic (exact) mass is 324 g/mol. The summed E-state index contributed by atoms with van der Waals surface area (Å²) in [5, 5.41) is 2.97. The molecule has 0 unspecified atom stereocenters. The maximum Gasteiger partial charge on any atom is 0.332 e. The van der Waals surface area contributed by atoms with Gasteiger partial charge in [0.1, 0.15) is 5.65 Å². The summed E-state index contributed by atoms with van der Waals surface area (Å²) in [6, 6.07) is 8.82. The molecular formula is C17H16N4O3. The van der Waals surface area contributed by atoms with E-state index in [1.165, 1.54) is 30.9 Å². The van der Waals surface area contributed by atoms with Crippen LogP contribution in [-0.4, -0.2) is 20.0 Å². The van der Waals surface area contributed by atoms with Crippen LogP contribution in [0.1, 0.15) is 15.9 Å². The minimum atomic E-state index is -0.481. The molecule has 1 N–H and O–H groups in total. The highest BCUT2D eigenvalue weighted by Gasteiger charge is 2.13. The second kappa shape index (κ2) is 5.77. The summed E-state index contributed by atoms with van der Waals surface area (Å²) in [7, 11) is 2.92. The van der Waals surface area contributed by atoms with Crippen LogP contribution < -0.4 is 16.6 Å². The zero-order chi connectivity index (χ0) is 17.4. The average Bonchev–Trinajstić information content (AvgIpc) is 2.59. The van der Waals surface area contributed by atoms with Crippen LogP contribution in [0.4, 0.5) is 5.69 Å². The Morgan fingerprint density at radius 1 is 1.08 bits per heavy atom. The molecular weight excluding hydrogens is 308 g/mol. The molecule has 0 spiro atoms. The molecule has 7 heteroatoms. The highest BCUT2D eigenvalue weighted by molar-refractivity contribution is 6.05. The molecule has 3 rings (SSSR count). The molecule has 2 aromatic heterocycles. The van der Waals surface area contributed by atoms with Gasteiger partial charge in [0, 0.05) is 26.0 Å². The number of nitrogens with zero attached hydrogens (tertiary/aromatic N) is 3. The third kappa shape index (κ3) is 2.60. The number of benzene rings is 1. The fourth-order valence-electron chi connectivity index (χ4n) is 2.43. The van der Waals surface area contributed by atoms with Gasteiger partial charge < -0.3 is 5.32 Å². The first-order valence-electron chi connectivity index (χ1n) is 7.32. The molecule has 122 valence electrons. The van der Waals surface area contributed by atoms with Crippen LogP contribution in [0, 0.1) is 6.92 Å². The lowest BCUT2D eigenvalue weighted by Gasteiger charge is -2.09. The number of amides is 1. The fourth-order valence-corrected chi connectivity index (χ4v) is 2.43. The molecule has 2 heterocycles. The van der Waals surface area contributed by atoms with Crippen LogP contribution in [0.3, 0.4) is 0 Å². The van der Waals surface area contributed by atoms with Crippen molar-refractivity contribution in [2.24, 2.45) is 14.1 Å². The lowest BCUT2D eigenvalue weighted by Crippen LogP contribution is -2.37. The van der Waals surface area contributed by atoms with Crippen molar-refractivity contribution in [3.63, 3.8) is 0 Å². The maximum atomic E-state index is 12.4. The van der Waals surface area contributed by atoms with Crippen molar-refractivity contribution in [3.8, 4) is 0 Å². The van der Waals surface area contributed by atoms with E-state index in [2.05, 4.69) is 10.3 Å². The Morgan fingerprint density at radius 3 is 2.42 bits per heavy atom. The highest BCUT2D eigenvalue weighted by Crippen LogP contribution is 2.12. The highest BCUT2D eigenvalue weighted by atomic mass is 16.2. The number of hydrogen-bond donors (Lipinski definition) is 1. The van der Waals surface area contributed by atoms with Crippen molar-refractivity contribution in [3.05, 3.63) is 68.5 Å². The van der Waals surface area contributed by atoms with E-state index in [0.29, 0.717) is 5.69 Å².